The maximum Gasteiger partial charge on any atom is 0.0642 e. The summed E-state index contributed by atoms with van der Waals surface area (Å²) < 4.78 is 0. The highest BCUT2D eigenvalue weighted by Crippen LogP contribution is 2.31. The normalized spacial score (nSPS) is 21.1. The largest absolute Gasteiger partial charge is 0.372 e. The summed E-state index contributed by atoms with van der Waals surface area (Å²) in [6, 6.07) is 17.8. The number of halogens is 1. The lowest BCUT2D eigenvalue weighted by Gasteiger charge is -2.41. The minimum atomic E-state index is 0.664. The molecule has 2 aromatic rings. The van der Waals surface area contributed by atoms with Gasteiger partial charge in [-0.15, -0.1) is 0 Å². The molecule has 2 aliphatic rings. The van der Waals surface area contributed by atoms with Gasteiger partial charge in [0, 0.05) is 57.0 Å². The maximum atomic E-state index is 6.61. The van der Waals surface area contributed by atoms with Gasteiger partial charge in [0.2, 0.25) is 0 Å². The molecule has 1 heterocycles. The Balaban J connectivity index is 1.18. The molecule has 5 heteroatoms. The van der Waals surface area contributed by atoms with E-state index < -0.39 is 0 Å². The summed E-state index contributed by atoms with van der Waals surface area (Å²) in [5.74, 6) is 0. The lowest BCUT2D eigenvalue weighted by Crippen LogP contribution is -2.47. The molecule has 2 fully saturated rings. The van der Waals surface area contributed by atoms with Crippen LogP contribution in [-0.2, 0) is 12.8 Å². The van der Waals surface area contributed by atoms with Crippen LogP contribution in [0.25, 0.3) is 0 Å². The summed E-state index contributed by atoms with van der Waals surface area (Å²) >= 11 is 6.61. The smallest absolute Gasteiger partial charge is 0.0642 e. The molecule has 37 heavy (non-hydrogen) atoms. The Labute approximate surface area is 231 Å². The molecule has 0 bridgehead atoms. The molecule has 4 nitrogen and oxygen atoms in total. The first kappa shape index (κ1) is 28.3. The monoisotopic (exact) mass is 524 g/mol. The Kier molecular flexibility index (Phi) is 10.2. The van der Waals surface area contributed by atoms with Crippen molar-refractivity contribution in [3.63, 3.8) is 0 Å². The first-order chi connectivity index (χ1) is 17.9. The van der Waals surface area contributed by atoms with Crippen molar-refractivity contribution in [2.75, 3.05) is 57.1 Å². The standard InChI is InChI=1S/C32H49ClN4/c1-6-25-8-11-29(12-9-25)36(5)30-15-13-27(14-16-30)34(3)22-23-35(4)28-18-20-37(21-19-28)32-17-10-26(7-2)24-31(32)33/h8-12,17,24,27-28,30H,6-7,13-16,18-23H2,1-5H3. The van der Waals surface area contributed by atoms with E-state index in [1.165, 1.54) is 61.0 Å². The number of piperidine rings is 1. The first-order valence-electron chi connectivity index (χ1n) is 14.6. The van der Waals surface area contributed by atoms with Crippen LogP contribution in [0.3, 0.4) is 0 Å². The molecular weight excluding hydrogens is 476 g/mol. The van der Waals surface area contributed by atoms with Crippen LogP contribution >= 0.6 is 11.6 Å². The summed E-state index contributed by atoms with van der Waals surface area (Å²) in [5, 5.41) is 0.906. The van der Waals surface area contributed by atoms with E-state index >= 15 is 0 Å². The van der Waals surface area contributed by atoms with Gasteiger partial charge in [-0.05, 0) is 101 Å². The molecule has 1 saturated carbocycles. The second-order valence-electron chi connectivity index (χ2n) is 11.4. The predicted octanol–water partition coefficient (Wildman–Crippen LogP) is 6.74. The number of anilines is 2. The van der Waals surface area contributed by atoms with Gasteiger partial charge in [0.15, 0.2) is 0 Å². The summed E-state index contributed by atoms with van der Waals surface area (Å²) in [6.07, 6.45) is 9.75. The average Bonchev–Trinajstić information content (AvgIpc) is 2.95. The summed E-state index contributed by atoms with van der Waals surface area (Å²) in [7, 11) is 6.95. The van der Waals surface area contributed by atoms with E-state index in [0.29, 0.717) is 12.1 Å². The topological polar surface area (TPSA) is 13.0 Å². The van der Waals surface area contributed by atoms with Crippen LogP contribution in [-0.4, -0.2) is 75.2 Å². The Hall–Kier alpha value is -1.75. The maximum absolute atomic E-state index is 6.61. The van der Waals surface area contributed by atoms with Crippen molar-refractivity contribution in [2.24, 2.45) is 0 Å². The fourth-order valence-electron chi connectivity index (χ4n) is 6.32. The summed E-state index contributed by atoms with van der Waals surface area (Å²) in [4.78, 5) is 10.2. The first-order valence-corrected chi connectivity index (χ1v) is 15.0. The highest BCUT2D eigenvalue weighted by molar-refractivity contribution is 6.33. The van der Waals surface area contributed by atoms with E-state index in [2.05, 4.69) is 97.1 Å². The van der Waals surface area contributed by atoms with Gasteiger partial charge < -0.3 is 19.6 Å². The second kappa shape index (κ2) is 13.4. The van der Waals surface area contributed by atoms with E-state index in [9.17, 15) is 0 Å². The molecule has 0 radical (unpaired) electrons. The van der Waals surface area contributed by atoms with Gasteiger partial charge in [-0.3, -0.25) is 0 Å². The molecular formula is C32H49ClN4. The molecule has 0 amide bonds. The van der Waals surface area contributed by atoms with E-state index in [1.54, 1.807) is 0 Å². The van der Waals surface area contributed by atoms with E-state index in [0.717, 1.165) is 50.1 Å². The Morgan fingerprint density at radius 3 is 1.76 bits per heavy atom. The quantitative estimate of drug-likeness (QED) is 0.341. The van der Waals surface area contributed by atoms with Crippen LogP contribution in [0.5, 0.6) is 0 Å². The van der Waals surface area contributed by atoms with Gasteiger partial charge in [0.25, 0.3) is 0 Å². The number of hydrogen-bond acceptors (Lipinski definition) is 4. The molecule has 0 unspecified atom stereocenters. The molecule has 204 valence electrons. The van der Waals surface area contributed by atoms with Crippen molar-refractivity contribution in [1.82, 2.24) is 9.80 Å². The lowest BCUT2D eigenvalue weighted by atomic mass is 9.89. The zero-order valence-corrected chi connectivity index (χ0v) is 24.7. The number of rotatable bonds is 10. The van der Waals surface area contributed by atoms with Gasteiger partial charge >= 0.3 is 0 Å². The van der Waals surface area contributed by atoms with Crippen LogP contribution < -0.4 is 9.80 Å². The SMILES string of the molecule is CCc1ccc(N(C)C2CCC(N(C)CCN(C)C3CCN(c4ccc(CC)cc4Cl)CC3)CC2)cc1. The van der Waals surface area contributed by atoms with Crippen LogP contribution in [0, 0.1) is 0 Å². The Morgan fingerprint density at radius 1 is 0.703 bits per heavy atom. The van der Waals surface area contributed by atoms with E-state index in [4.69, 9.17) is 11.6 Å². The molecule has 0 atom stereocenters. The van der Waals surface area contributed by atoms with Gasteiger partial charge in [0.05, 0.1) is 10.7 Å². The number of nitrogens with zero attached hydrogens (tertiary/aromatic N) is 4. The van der Waals surface area contributed by atoms with E-state index in [1.807, 2.05) is 0 Å². The van der Waals surface area contributed by atoms with Crippen molar-refractivity contribution in [3.05, 3.63) is 58.6 Å². The van der Waals surface area contributed by atoms with Gasteiger partial charge in [-0.2, -0.15) is 0 Å². The van der Waals surface area contributed by atoms with Crippen molar-refractivity contribution >= 4 is 23.0 Å². The molecule has 4 rings (SSSR count). The number of likely N-dealkylation sites (N-methyl/N-ethyl adjacent to an activating group) is 2. The predicted molar refractivity (Wildman–Crippen MR) is 162 cm³/mol. The van der Waals surface area contributed by atoms with Gasteiger partial charge in [-0.25, -0.2) is 0 Å². The second-order valence-corrected chi connectivity index (χ2v) is 11.8. The summed E-state index contributed by atoms with van der Waals surface area (Å²) in [6.45, 7) is 8.90. The minimum absolute atomic E-state index is 0.664. The molecule has 0 spiro atoms. The average molecular weight is 525 g/mol. The number of benzene rings is 2. The zero-order chi connectivity index (χ0) is 26.4. The van der Waals surface area contributed by atoms with Crippen LogP contribution in [0.1, 0.15) is 63.5 Å². The highest BCUT2D eigenvalue weighted by Gasteiger charge is 2.28. The van der Waals surface area contributed by atoms with Crippen LogP contribution in [0.2, 0.25) is 5.02 Å². The third kappa shape index (κ3) is 7.22. The Bertz CT molecular complexity index is 961. The molecule has 0 N–H and O–H groups in total. The number of hydrogen-bond donors (Lipinski definition) is 0. The Morgan fingerprint density at radius 2 is 1.22 bits per heavy atom. The van der Waals surface area contributed by atoms with Crippen molar-refractivity contribution in [3.8, 4) is 0 Å². The fraction of sp³-hybridized carbons (Fsp3) is 0.625. The lowest BCUT2D eigenvalue weighted by molar-refractivity contribution is 0.139. The highest BCUT2D eigenvalue weighted by atomic mass is 35.5. The number of aryl methyl sites for hydroxylation is 2. The van der Waals surface area contributed by atoms with Crippen molar-refractivity contribution < 1.29 is 0 Å². The van der Waals surface area contributed by atoms with Crippen LogP contribution in [0.4, 0.5) is 11.4 Å². The third-order valence-corrected chi connectivity index (χ3v) is 9.55. The molecule has 0 aromatic heterocycles. The third-order valence-electron chi connectivity index (χ3n) is 9.24. The van der Waals surface area contributed by atoms with Crippen molar-refractivity contribution in [1.29, 1.82) is 0 Å². The fourth-order valence-corrected chi connectivity index (χ4v) is 6.64. The summed E-state index contributed by atoms with van der Waals surface area (Å²) in [5.41, 5.74) is 5.31. The minimum Gasteiger partial charge on any atom is -0.372 e. The van der Waals surface area contributed by atoms with Gasteiger partial charge in [0.1, 0.15) is 0 Å². The molecule has 1 aliphatic heterocycles. The van der Waals surface area contributed by atoms with Crippen LogP contribution in [0.15, 0.2) is 42.5 Å². The van der Waals surface area contributed by atoms with Gasteiger partial charge in [-0.1, -0.05) is 43.6 Å². The molecule has 2 aromatic carbocycles. The molecule has 1 aliphatic carbocycles. The van der Waals surface area contributed by atoms with E-state index in [-0.39, 0.29) is 0 Å². The van der Waals surface area contributed by atoms with Crippen molar-refractivity contribution in [2.45, 2.75) is 83.3 Å². The molecule has 1 saturated heterocycles. The zero-order valence-electron chi connectivity index (χ0n) is 23.9.